The van der Waals surface area contributed by atoms with E-state index >= 15 is 0 Å². The Morgan fingerprint density at radius 3 is 2.78 bits per heavy atom. The van der Waals surface area contributed by atoms with E-state index in [1.165, 1.54) is 0 Å². The maximum atomic E-state index is 9.31. The molecule has 0 bridgehead atoms. The van der Waals surface area contributed by atoms with E-state index in [0.29, 0.717) is 0 Å². The van der Waals surface area contributed by atoms with Crippen molar-refractivity contribution in [1.29, 1.82) is 0 Å². The fraction of sp³-hybridized carbons (Fsp3) is 0.133. The van der Waals surface area contributed by atoms with Crippen molar-refractivity contribution in [1.82, 2.24) is 9.55 Å². The number of aliphatic hydroxyl groups is 1. The molecule has 3 nitrogen and oxygen atoms in total. The van der Waals surface area contributed by atoms with Gasteiger partial charge < -0.3 is 9.67 Å². The van der Waals surface area contributed by atoms with Crippen molar-refractivity contribution in [3.05, 3.63) is 66.1 Å². The van der Waals surface area contributed by atoms with Crippen molar-refractivity contribution in [2.45, 2.75) is 13.2 Å². The third-order valence-corrected chi connectivity index (χ3v) is 3.13. The van der Waals surface area contributed by atoms with Crippen LogP contribution in [-0.2, 0) is 13.2 Å². The molecular weight excluding hydrogens is 224 g/mol. The van der Waals surface area contributed by atoms with Crippen LogP contribution in [0, 0.1) is 0 Å². The Morgan fingerprint density at radius 2 is 2.00 bits per heavy atom. The van der Waals surface area contributed by atoms with Crippen LogP contribution in [0.1, 0.15) is 11.3 Å². The number of rotatable bonds is 3. The third-order valence-electron chi connectivity index (χ3n) is 3.13. The molecule has 0 unspecified atom stereocenters. The van der Waals surface area contributed by atoms with Gasteiger partial charge in [0.25, 0.3) is 0 Å². The highest BCUT2D eigenvalue weighted by Gasteiger charge is 2.05. The standard InChI is InChI=1S/C15H14N2O/c18-11-12-4-3-6-15-14(12)7-9-17(15)10-13-5-1-2-8-16-13/h1-9,18H,10-11H2. The molecule has 18 heavy (non-hydrogen) atoms. The number of nitrogens with zero attached hydrogens (tertiary/aromatic N) is 2. The van der Waals surface area contributed by atoms with Gasteiger partial charge in [0, 0.05) is 23.3 Å². The van der Waals surface area contributed by atoms with E-state index in [-0.39, 0.29) is 6.61 Å². The largest absolute Gasteiger partial charge is 0.392 e. The van der Waals surface area contributed by atoms with Crippen molar-refractivity contribution in [2.24, 2.45) is 0 Å². The molecule has 3 rings (SSSR count). The fourth-order valence-corrected chi connectivity index (χ4v) is 2.23. The van der Waals surface area contributed by atoms with Gasteiger partial charge in [-0.2, -0.15) is 0 Å². The first-order chi connectivity index (χ1) is 8.88. The van der Waals surface area contributed by atoms with Gasteiger partial charge in [-0.05, 0) is 29.8 Å². The van der Waals surface area contributed by atoms with Gasteiger partial charge in [-0.15, -0.1) is 0 Å². The Hall–Kier alpha value is -2.13. The van der Waals surface area contributed by atoms with Gasteiger partial charge in [0.05, 0.1) is 18.8 Å². The average Bonchev–Trinajstić information content (AvgIpc) is 2.83. The molecule has 0 fully saturated rings. The topological polar surface area (TPSA) is 38.0 Å². The number of benzene rings is 1. The smallest absolute Gasteiger partial charge is 0.0688 e. The average molecular weight is 238 g/mol. The molecule has 2 heterocycles. The van der Waals surface area contributed by atoms with Crippen LogP contribution in [0.4, 0.5) is 0 Å². The van der Waals surface area contributed by atoms with E-state index in [2.05, 4.69) is 15.6 Å². The number of hydrogen-bond acceptors (Lipinski definition) is 2. The molecule has 0 saturated heterocycles. The van der Waals surface area contributed by atoms with Gasteiger partial charge in [0.2, 0.25) is 0 Å². The molecule has 0 radical (unpaired) electrons. The number of hydrogen-bond donors (Lipinski definition) is 1. The first kappa shape index (κ1) is 11.0. The summed E-state index contributed by atoms with van der Waals surface area (Å²) in [6, 6.07) is 14.0. The second-order valence-corrected chi connectivity index (χ2v) is 4.27. The first-order valence-electron chi connectivity index (χ1n) is 5.96. The molecule has 3 aromatic rings. The molecule has 0 saturated carbocycles. The van der Waals surface area contributed by atoms with Crippen molar-refractivity contribution in [2.75, 3.05) is 0 Å². The van der Waals surface area contributed by atoms with Gasteiger partial charge in [0.1, 0.15) is 0 Å². The van der Waals surface area contributed by atoms with Crippen LogP contribution in [0.3, 0.4) is 0 Å². The van der Waals surface area contributed by atoms with Gasteiger partial charge in [-0.1, -0.05) is 18.2 Å². The fourth-order valence-electron chi connectivity index (χ4n) is 2.23. The lowest BCUT2D eigenvalue weighted by Crippen LogP contribution is -1.99. The van der Waals surface area contributed by atoms with Crippen molar-refractivity contribution >= 4 is 10.9 Å². The molecule has 0 spiro atoms. The van der Waals surface area contributed by atoms with Gasteiger partial charge in [-0.25, -0.2) is 0 Å². The monoisotopic (exact) mass is 238 g/mol. The minimum Gasteiger partial charge on any atom is -0.392 e. The molecular formula is C15H14N2O. The summed E-state index contributed by atoms with van der Waals surface area (Å²) in [5.74, 6) is 0. The van der Waals surface area contributed by atoms with E-state index < -0.39 is 0 Å². The van der Waals surface area contributed by atoms with Crippen molar-refractivity contribution in [3.63, 3.8) is 0 Å². The third kappa shape index (κ3) is 1.89. The summed E-state index contributed by atoms with van der Waals surface area (Å²) >= 11 is 0. The SMILES string of the molecule is OCc1cccc2c1ccn2Cc1ccccn1. The van der Waals surface area contributed by atoms with Crippen LogP contribution in [-0.4, -0.2) is 14.7 Å². The van der Waals surface area contributed by atoms with Crippen LogP contribution in [0.2, 0.25) is 0 Å². The van der Waals surface area contributed by atoms with E-state index in [1.54, 1.807) is 6.20 Å². The molecule has 0 atom stereocenters. The molecule has 0 amide bonds. The lowest BCUT2D eigenvalue weighted by atomic mass is 10.1. The molecule has 2 aromatic heterocycles. The summed E-state index contributed by atoms with van der Waals surface area (Å²) < 4.78 is 2.15. The minimum absolute atomic E-state index is 0.0743. The van der Waals surface area contributed by atoms with E-state index in [4.69, 9.17) is 0 Å². The number of fused-ring (bicyclic) bond motifs is 1. The Labute approximate surface area is 105 Å². The predicted molar refractivity (Wildman–Crippen MR) is 71.2 cm³/mol. The highest BCUT2D eigenvalue weighted by Crippen LogP contribution is 2.21. The van der Waals surface area contributed by atoms with Crippen LogP contribution in [0.5, 0.6) is 0 Å². The summed E-state index contributed by atoms with van der Waals surface area (Å²) in [6.45, 7) is 0.824. The van der Waals surface area contributed by atoms with Crippen molar-refractivity contribution < 1.29 is 5.11 Å². The number of aliphatic hydroxyl groups excluding tert-OH is 1. The highest BCUT2D eigenvalue weighted by molar-refractivity contribution is 5.83. The minimum atomic E-state index is 0.0743. The van der Waals surface area contributed by atoms with Gasteiger partial charge >= 0.3 is 0 Å². The van der Waals surface area contributed by atoms with E-state index in [0.717, 1.165) is 28.7 Å². The molecule has 1 aromatic carbocycles. The lowest BCUT2D eigenvalue weighted by molar-refractivity contribution is 0.283. The zero-order chi connectivity index (χ0) is 12.4. The molecule has 90 valence electrons. The summed E-state index contributed by atoms with van der Waals surface area (Å²) in [5, 5.41) is 10.4. The normalized spacial score (nSPS) is 10.9. The molecule has 1 N–H and O–H groups in total. The lowest BCUT2D eigenvalue weighted by Gasteiger charge is -2.05. The van der Waals surface area contributed by atoms with Crippen LogP contribution < -0.4 is 0 Å². The Kier molecular flexibility index (Phi) is 2.82. The summed E-state index contributed by atoms with van der Waals surface area (Å²) in [4.78, 5) is 4.33. The maximum absolute atomic E-state index is 9.31. The zero-order valence-electron chi connectivity index (χ0n) is 9.95. The summed E-state index contributed by atoms with van der Waals surface area (Å²) in [5.41, 5.74) is 3.13. The quantitative estimate of drug-likeness (QED) is 0.761. The Bertz CT molecular complexity index is 659. The van der Waals surface area contributed by atoms with E-state index in [9.17, 15) is 5.11 Å². The first-order valence-corrected chi connectivity index (χ1v) is 5.96. The molecule has 0 aliphatic heterocycles. The second kappa shape index (κ2) is 4.63. The molecule has 3 heteroatoms. The highest BCUT2D eigenvalue weighted by atomic mass is 16.3. The predicted octanol–water partition coefficient (Wildman–Crippen LogP) is 2.58. The number of aromatic nitrogens is 2. The van der Waals surface area contributed by atoms with Crippen LogP contribution in [0.15, 0.2) is 54.9 Å². The maximum Gasteiger partial charge on any atom is 0.0688 e. The number of pyridine rings is 1. The summed E-state index contributed by atoms with van der Waals surface area (Å²) in [7, 11) is 0. The Balaban J connectivity index is 2.03. The van der Waals surface area contributed by atoms with Gasteiger partial charge in [-0.3, -0.25) is 4.98 Å². The molecule has 0 aliphatic carbocycles. The van der Waals surface area contributed by atoms with Crippen molar-refractivity contribution in [3.8, 4) is 0 Å². The zero-order valence-corrected chi connectivity index (χ0v) is 9.95. The second-order valence-electron chi connectivity index (χ2n) is 4.27. The molecule has 0 aliphatic rings. The van der Waals surface area contributed by atoms with Crippen LogP contribution in [0.25, 0.3) is 10.9 Å². The summed E-state index contributed by atoms with van der Waals surface area (Å²) in [6.07, 6.45) is 3.85. The van der Waals surface area contributed by atoms with Gasteiger partial charge in [0.15, 0.2) is 0 Å². The van der Waals surface area contributed by atoms with E-state index in [1.807, 2.05) is 42.6 Å². The Morgan fingerprint density at radius 1 is 1.06 bits per heavy atom. The van der Waals surface area contributed by atoms with Crippen LogP contribution >= 0.6 is 0 Å².